The highest BCUT2D eigenvalue weighted by Gasteiger charge is 2.16. The van der Waals surface area contributed by atoms with Crippen LogP contribution in [-0.4, -0.2) is 9.55 Å². The van der Waals surface area contributed by atoms with Gasteiger partial charge in [0.25, 0.3) is 0 Å². The van der Waals surface area contributed by atoms with Crippen LogP contribution in [-0.2, 0) is 5.88 Å². The topological polar surface area (TPSA) is 17.8 Å². The molecule has 0 saturated carbocycles. The minimum absolute atomic E-state index is 0.229. The van der Waals surface area contributed by atoms with E-state index in [4.69, 9.17) is 23.2 Å². The summed E-state index contributed by atoms with van der Waals surface area (Å²) in [5.41, 5.74) is 2.27. The molecule has 21 heavy (non-hydrogen) atoms. The SMILES string of the molecule is Fc1cc2nc(CCl)n(-c3ccc(Cl)cc3I)c2cc1Br. The van der Waals surface area contributed by atoms with Crippen molar-refractivity contribution in [3.05, 3.63) is 55.0 Å². The predicted molar refractivity (Wildman–Crippen MR) is 96.0 cm³/mol. The summed E-state index contributed by atoms with van der Waals surface area (Å²) in [5, 5.41) is 0.659. The Hall–Kier alpha value is -0.370. The number of nitrogens with zero attached hydrogens (tertiary/aromatic N) is 2. The van der Waals surface area contributed by atoms with Crippen molar-refractivity contribution in [1.82, 2.24) is 9.55 Å². The molecule has 0 saturated heterocycles. The van der Waals surface area contributed by atoms with Gasteiger partial charge in [-0.05, 0) is 62.8 Å². The largest absolute Gasteiger partial charge is 0.294 e. The van der Waals surface area contributed by atoms with E-state index in [1.165, 1.54) is 6.07 Å². The molecule has 0 unspecified atom stereocenters. The Kier molecular flexibility index (Phi) is 4.45. The summed E-state index contributed by atoms with van der Waals surface area (Å²) in [5.74, 6) is 0.538. The van der Waals surface area contributed by atoms with Crippen LogP contribution in [0.25, 0.3) is 16.7 Å². The summed E-state index contributed by atoms with van der Waals surface area (Å²) in [6.07, 6.45) is 0. The molecule has 2 nitrogen and oxygen atoms in total. The van der Waals surface area contributed by atoms with Crippen molar-refractivity contribution >= 4 is 72.8 Å². The van der Waals surface area contributed by atoms with Crippen LogP contribution in [0.15, 0.2) is 34.8 Å². The first kappa shape index (κ1) is 15.5. The molecule has 3 rings (SSSR count). The molecule has 0 aliphatic carbocycles. The number of rotatable bonds is 2. The summed E-state index contributed by atoms with van der Waals surface area (Å²) < 4.78 is 17.0. The van der Waals surface area contributed by atoms with E-state index in [9.17, 15) is 4.39 Å². The zero-order chi connectivity index (χ0) is 15.1. The second-order valence-corrected chi connectivity index (χ2v) is 7.07. The number of benzene rings is 2. The molecular formula is C14H7BrCl2FIN2. The zero-order valence-corrected chi connectivity index (χ0v) is 15.6. The lowest BCUT2D eigenvalue weighted by Gasteiger charge is -2.10. The van der Waals surface area contributed by atoms with Gasteiger partial charge in [-0.25, -0.2) is 9.37 Å². The number of hydrogen-bond donors (Lipinski definition) is 0. The zero-order valence-electron chi connectivity index (χ0n) is 10.4. The molecule has 0 bridgehead atoms. The quantitative estimate of drug-likeness (QED) is 0.316. The molecule has 108 valence electrons. The van der Waals surface area contributed by atoms with Gasteiger partial charge in [-0.15, -0.1) is 11.6 Å². The number of imidazole rings is 1. The normalized spacial score (nSPS) is 11.3. The lowest BCUT2D eigenvalue weighted by atomic mass is 10.2. The minimum atomic E-state index is -0.348. The van der Waals surface area contributed by atoms with Gasteiger partial charge >= 0.3 is 0 Å². The fourth-order valence-corrected chi connectivity index (χ4v) is 3.77. The molecule has 3 aromatic rings. The van der Waals surface area contributed by atoms with Gasteiger partial charge in [-0.2, -0.15) is 0 Å². The first-order valence-electron chi connectivity index (χ1n) is 5.89. The van der Waals surface area contributed by atoms with Crippen molar-refractivity contribution < 1.29 is 4.39 Å². The number of alkyl halides is 1. The van der Waals surface area contributed by atoms with Crippen LogP contribution in [0.4, 0.5) is 4.39 Å². The molecule has 1 aromatic heterocycles. The summed E-state index contributed by atoms with van der Waals surface area (Å²) >= 11 is 17.4. The number of fused-ring (bicyclic) bond motifs is 1. The smallest absolute Gasteiger partial charge is 0.139 e. The van der Waals surface area contributed by atoms with Crippen LogP contribution >= 0.6 is 61.7 Å². The highest BCUT2D eigenvalue weighted by molar-refractivity contribution is 14.1. The van der Waals surface area contributed by atoms with E-state index >= 15 is 0 Å². The van der Waals surface area contributed by atoms with Gasteiger partial charge < -0.3 is 0 Å². The van der Waals surface area contributed by atoms with Crippen molar-refractivity contribution in [3.63, 3.8) is 0 Å². The Balaban J connectivity index is 2.37. The monoisotopic (exact) mass is 498 g/mol. The van der Waals surface area contributed by atoms with Gasteiger partial charge in [-0.3, -0.25) is 4.57 Å². The molecule has 0 fully saturated rings. The molecule has 7 heteroatoms. The van der Waals surface area contributed by atoms with E-state index in [1.807, 2.05) is 22.8 Å². The van der Waals surface area contributed by atoms with Gasteiger partial charge in [0.15, 0.2) is 0 Å². The average molecular weight is 500 g/mol. The van der Waals surface area contributed by atoms with Gasteiger partial charge in [0.2, 0.25) is 0 Å². The summed E-state index contributed by atoms with van der Waals surface area (Å²) in [4.78, 5) is 4.41. The molecule has 0 spiro atoms. The predicted octanol–water partition coefficient (Wildman–Crippen LogP) is 5.92. The van der Waals surface area contributed by atoms with Crippen molar-refractivity contribution in [2.24, 2.45) is 0 Å². The molecular weight excluding hydrogens is 493 g/mol. The first-order chi connectivity index (χ1) is 10.0. The van der Waals surface area contributed by atoms with E-state index < -0.39 is 0 Å². The summed E-state index contributed by atoms with van der Waals surface area (Å²) in [6, 6.07) is 8.67. The molecule has 0 N–H and O–H groups in total. The summed E-state index contributed by atoms with van der Waals surface area (Å²) in [6.45, 7) is 0. The molecule has 0 aliphatic heterocycles. The summed E-state index contributed by atoms with van der Waals surface area (Å²) in [7, 11) is 0. The molecule has 2 aromatic carbocycles. The fraction of sp³-hybridized carbons (Fsp3) is 0.0714. The molecule has 0 atom stereocenters. The van der Waals surface area contributed by atoms with E-state index in [1.54, 1.807) is 6.07 Å². The van der Waals surface area contributed by atoms with Gasteiger partial charge in [0, 0.05) is 14.7 Å². The standard InChI is InChI=1S/C14H7BrCl2FIN2/c15-8-4-13-11(5-9(8)18)20-14(6-16)21(13)12-2-1-7(17)3-10(12)19/h1-5H,6H2. The van der Waals surface area contributed by atoms with Crippen LogP contribution in [0.3, 0.4) is 0 Å². The maximum Gasteiger partial charge on any atom is 0.139 e. The molecule has 1 heterocycles. The molecule has 0 amide bonds. The Morgan fingerprint density at radius 1 is 1.29 bits per heavy atom. The second kappa shape index (κ2) is 6.02. The van der Waals surface area contributed by atoms with E-state index in [2.05, 4.69) is 43.5 Å². The number of aromatic nitrogens is 2. The maximum absolute atomic E-state index is 13.7. The fourth-order valence-electron chi connectivity index (χ4n) is 2.14. The van der Waals surface area contributed by atoms with E-state index in [0.717, 1.165) is 14.8 Å². The lowest BCUT2D eigenvalue weighted by Crippen LogP contribution is -2.01. The van der Waals surface area contributed by atoms with Crippen molar-refractivity contribution in [1.29, 1.82) is 0 Å². The van der Waals surface area contributed by atoms with Crippen LogP contribution in [0.2, 0.25) is 5.02 Å². The van der Waals surface area contributed by atoms with Crippen molar-refractivity contribution in [3.8, 4) is 5.69 Å². The number of hydrogen-bond acceptors (Lipinski definition) is 1. The van der Waals surface area contributed by atoms with Gasteiger partial charge in [0.1, 0.15) is 11.6 Å². The van der Waals surface area contributed by atoms with Gasteiger partial charge in [0.05, 0.1) is 27.1 Å². The Bertz CT molecular complexity index is 851. The van der Waals surface area contributed by atoms with E-state index in [-0.39, 0.29) is 11.7 Å². The van der Waals surface area contributed by atoms with Crippen molar-refractivity contribution in [2.75, 3.05) is 0 Å². The third-order valence-corrected chi connectivity index (χ3v) is 4.98. The Morgan fingerprint density at radius 3 is 2.71 bits per heavy atom. The second-order valence-electron chi connectivity index (χ2n) is 4.35. The first-order valence-corrected chi connectivity index (χ1v) is 8.67. The van der Waals surface area contributed by atoms with Gasteiger partial charge in [-0.1, -0.05) is 11.6 Å². The van der Waals surface area contributed by atoms with Crippen LogP contribution in [0, 0.1) is 9.39 Å². The minimum Gasteiger partial charge on any atom is -0.294 e. The third-order valence-electron chi connectivity index (χ3n) is 3.04. The van der Waals surface area contributed by atoms with E-state index in [0.29, 0.717) is 20.8 Å². The highest BCUT2D eigenvalue weighted by Crippen LogP contribution is 2.30. The van der Waals surface area contributed by atoms with Crippen molar-refractivity contribution in [2.45, 2.75) is 5.88 Å². The Morgan fingerprint density at radius 2 is 2.05 bits per heavy atom. The molecule has 0 radical (unpaired) electrons. The lowest BCUT2D eigenvalue weighted by molar-refractivity contribution is 0.623. The highest BCUT2D eigenvalue weighted by atomic mass is 127. The third kappa shape index (κ3) is 2.81. The Labute approximate surface area is 152 Å². The van der Waals surface area contributed by atoms with Crippen LogP contribution in [0.5, 0.6) is 0 Å². The van der Waals surface area contributed by atoms with Crippen LogP contribution < -0.4 is 0 Å². The average Bonchev–Trinajstić information content (AvgIpc) is 2.77. The number of halogens is 5. The molecule has 0 aliphatic rings. The maximum atomic E-state index is 13.7. The van der Waals surface area contributed by atoms with Crippen LogP contribution in [0.1, 0.15) is 5.82 Å².